The number of para-hydroxylation sites is 2. The summed E-state index contributed by atoms with van der Waals surface area (Å²) >= 11 is 0. The van der Waals surface area contributed by atoms with E-state index in [-0.39, 0.29) is 29.7 Å². The van der Waals surface area contributed by atoms with Crippen LogP contribution in [0.4, 0.5) is 0 Å². The molecule has 0 radical (unpaired) electrons. The number of methoxy groups -OCH3 is 1. The molecule has 0 spiro atoms. The minimum atomic E-state index is 0. The Morgan fingerprint density at radius 2 is 2.00 bits per heavy atom. The van der Waals surface area contributed by atoms with Crippen LogP contribution in [0.15, 0.2) is 57.9 Å². The fourth-order valence-electron chi connectivity index (χ4n) is 3.11. The molecule has 29 heavy (non-hydrogen) atoms. The fraction of sp³-hybridized carbons (Fsp3) is 0.318. The number of phenols is 1. The number of nitrogens with zero attached hydrogens (tertiary/aromatic N) is 2. The Balaban J connectivity index is 0.00000300. The van der Waals surface area contributed by atoms with E-state index < -0.39 is 0 Å². The van der Waals surface area contributed by atoms with Crippen LogP contribution in [0.5, 0.6) is 11.5 Å². The van der Waals surface area contributed by atoms with Gasteiger partial charge >= 0.3 is 0 Å². The number of phenolic OH excluding ortho intramolecular Hbond substituents is 1. The fourth-order valence-corrected chi connectivity index (χ4v) is 3.11. The van der Waals surface area contributed by atoms with Crippen LogP contribution in [-0.4, -0.2) is 43.2 Å². The first-order chi connectivity index (χ1) is 13.6. The number of hydrogen-bond acceptors (Lipinski definition) is 4. The van der Waals surface area contributed by atoms with Crippen LogP contribution in [0, 0.1) is 0 Å². The van der Waals surface area contributed by atoms with Gasteiger partial charge in [0.25, 0.3) is 0 Å². The Morgan fingerprint density at radius 1 is 1.21 bits per heavy atom. The summed E-state index contributed by atoms with van der Waals surface area (Å²) in [5, 5.41) is 14.6. The lowest BCUT2D eigenvalue weighted by Gasteiger charge is -2.21. The molecule has 3 aromatic rings. The maximum Gasteiger partial charge on any atom is 0.194 e. The highest BCUT2D eigenvalue weighted by molar-refractivity contribution is 14.0. The monoisotopic (exact) mass is 509 g/mol. The first-order valence-electron chi connectivity index (χ1n) is 9.44. The molecule has 0 unspecified atom stereocenters. The van der Waals surface area contributed by atoms with E-state index in [2.05, 4.69) is 11.4 Å². The number of nitrogens with one attached hydrogen (secondary N) is 1. The average Bonchev–Trinajstić information content (AvgIpc) is 3.10. The predicted octanol–water partition coefficient (Wildman–Crippen LogP) is 4.41. The molecule has 2 N–H and O–H groups in total. The summed E-state index contributed by atoms with van der Waals surface area (Å²) in [5.41, 5.74) is 1.71. The van der Waals surface area contributed by atoms with E-state index in [1.54, 1.807) is 13.2 Å². The number of hydrogen-bond donors (Lipinski definition) is 2. The van der Waals surface area contributed by atoms with Crippen molar-refractivity contribution in [1.29, 1.82) is 0 Å². The third-order valence-electron chi connectivity index (χ3n) is 4.51. The van der Waals surface area contributed by atoms with Gasteiger partial charge in [-0.15, -0.1) is 24.0 Å². The molecule has 0 saturated heterocycles. The van der Waals surface area contributed by atoms with Gasteiger partial charge in [-0.05, 0) is 37.1 Å². The van der Waals surface area contributed by atoms with Gasteiger partial charge in [0, 0.05) is 25.5 Å². The maximum absolute atomic E-state index is 10.2. The number of ether oxygens (including phenoxy) is 1. The van der Waals surface area contributed by atoms with E-state index in [9.17, 15) is 5.11 Å². The van der Waals surface area contributed by atoms with Crippen LogP contribution in [0.3, 0.4) is 0 Å². The van der Waals surface area contributed by atoms with Crippen LogP contribution in [-0.2, 0) is 13.0 Å². The molecular formula is C22H28IN3O3. The lowest BCUT2D eigenvalue weighted by atomic mass is 10.1. The van der Waals surface area contributed by atoms with Crippen LogP contribution >= 0.6 is 24.0 Å². The second kappa shape index (κ2) is 10.9. The normalized spacial score (nSPS) is 11.2. The molecule has 1 heterocycles. The predicted molar refractivity (Wildman–Crippen MR) is 127 cm³/mol. The van der Waals surface area contributed by atoms with Gasteiger partial charge in [0.15, 0.2) is 17.5 Å². The summed E-state index contributed by atoms with van der Waals surface area (Å²) < 4.78 is 11.1. The molecule has 0 saturated carbocycles. The van der Waals surface area contributed by atoms with E-state index in [4.69, 9.17) is 14.1 Å². The molecule has 156 valence electrons. The van der Waals surface area contributed by atoms with E-state index in [1.807, 2.05) is 55.3 Å². The van der Waals surface area contributed by atoms with Gasteiger partial charge in [-0.25, -0.2) is 0 Å². The summed E-state index contributed by atoms with van der Waals surface area (Å²) in [7, 11) is 3.53. The second-order valence-electron chi connectivity index (χ2n) is 6.56. The highest BCUT2D eigenvalue weighted by atomic mass is 127. The number of aliphatic imine (C=N–C) groups is 1. The molecule has 0 aliphatic heterocycles. The number of benzene rings is 2. The zero-order chi connectivity index (χ0) is 19.9. The zero-order valence-electron chi connectivity index (χ0n) is 17.0. The van der Waals surface area contributed by atoms with Gasteiger partial charge in [0.05, 0.1) is 13.7 Å². The van der Waals surface area contributed by atoms with Crippen LogP contribution in [0.1, 0.15) is 18.2 Å². The van der Waals surface area contributed by atoms with Gasteiger partial charge in [0.2, 0.25) is 0 Å². The Bertz CT molecular complexity index is 922. The van der Waals surface area contributed by atoms with Gasteiger partial charge < -0.3 is 24.5 Å². The van der Waals surface area contributed by atoms with Crippen LogP contribution < -0.4 is 10.1 Å². The van der Waals surface area contributed by atoms with Gasteiger partial charge in [-0.3, -0.25) is 4.99 Å². The molecule has 0 bridgehead atoms. The SMILES string of the molecule is CCNC(=NCCc1cccc(OC)c1O)N(C)Cc1cc2ccccc2o1.I. The Labute approximate surface area is 188 Å². The van der Waals surface area contributed by atoms with Crippen molar-refractivity contribution in [2.24, 2.45) is 4.99 Å². The van der Waals surface area contributed by atoms with Gasteiger partial charge in [-0.2, -0.15) is 0 Å². The Kier molecular flexibility index (Phi) is 8.63. The number of guanidine groups is 1. The quantitative estimate of drug-likeness (QED) is 0.281. The Morgan fingerprint density at radius 3 is 2.72 bits per heavy atom. The molecule has 6 nitrogen and oxygen atoms in total. The molecule has 1 aromatic heterocycles. The summed E-state index contributed by atoms with van der Waals surface area (Å²) in [6, 6.07) is 15.6. The summed E-state index contributed by atoms with van der Waals surface area (Å²) in [6.07, 6.45) is 0.621. The molecular weight excluding hydrogens is 481 g/mol. The topological polar surface area (TPSA) is 70.2 Å². The Hall–Kier alpha value is -2.42. The summed E-state index contributed by atoms with van der Waals surface area (Å²) in [6.45, 7) is 3.98. The minimum Gasteiger partial charge on any atom is -0.504 e. The zero-order valence-corrected chi connectivity index (χ0v) is 19.3. The van der Waals surface area contributed by atoms with Gasteiger partial charge in [-0.1, -0.05) is 30.3 Å². The third kappa shape index (κ3) is 5.79. The van der Waals surface area contributed by atoms with Crippen molar-refractivity contribution in [2.75, 3.05) is 27.2 Å². The van der Waals surface area contributed by atoms with E-state index in [1.165, 1.54) is 0 Å². The first kappa shape index (κ1) is 22.9. The highest BCUT2D eigenvalue weighted by Gasteiger charge is 2.11. The second-order valence-corrected chi connectivity index (χ2v) is 6.56. The number of rotatable bonds is 7. The maximum atomic E-state index is 10.2. The number of halogens is 1. The average molecular weight is 509 g/mol. The third-order valence-corrected chi connectivity index (χ3v) is 4.51. The van der Waals surface area contributed by atoms with Crippen molar-refractivity contribution in [3.63, 3.8) is 0 Å². The van der Waals surface area contributed by atoms with Gasteiger partial charge in [0.1, 0.15) is 11.3 Å². The number of furan rings is 1. The first-order valence-corrected chi connectivity index (χ1v) is 9.44. The number of aromatic hydroxyl groups is 1. The molecule has 3 rings (SSSR count). The van der Waals surface area contributed by atoms with Crippen molar-refractivity contribution in [3.8, 4) is 11.5 Å². The lowest BCUT2D eigenvalue weighted by Crippen LogP contribution is -2.38. The standard InChI is InChI=1S/C22H27N3O3.HI/c1-4-23-22(24-13-12-16-9-7-11-20(27-3)21(16)26)25(2)15-18-14-17-8-5-6-10-19(17)28-18;/h5-11,14,26H,4,12-13,15H2,1-3H3,(H,23,24);1H. The van der Waals surface area contributed by atoms with Crippen molar-refractivity contribution in [2.45, 2.75) is 19.9 Å². The van der Waals surface area contributed by atoms with Crippen molar-refractivity contribution < 1.29 is 14.3 Å². The molecule has 0 amide bonds. The molecule has 2 aromatic carbocycles. The molecule has 0 fully saturated rings. The summed E-state index contributed by atoms with van der Waals surface area (Å²) in [5.74, 6) is 2.35. The van der Waals surface area contributed by atoms with Crippen molar-refractivity contribution in [1.82, 2.24) is 10.2 Å². The lowest BCUT2D eigenvalue weighted by molar-refractivity contribution is 0.370. The number of fused-ring (bicyclic) bond motifs is 1. The van der Waals surface area contributed by atoms with E-state index in [0.717, 1.165) is 34.8 Å². The van der Waals surface area contributed by atoms with Crippen LogP contribution in [0.25, 0.3) is 11.0 Å². The van der Waals surface area contributed by atoms with E-state index >= 15 is 0 Å². The van der Waals surface area contributed by atoms with Crippen LogP contribution in [0.2, 0.25) is 0 Å². The molecule has 0 atom stereocenters. The van der Waals surface area contributed by atoms with E-state index in [0.29, 0.717) is 25.3 Å². The molecule has 7 heteroatoms. The van der Waals surface area contributed by atoms with Crippen molar-refractivity contribution in [3.05, 3.63) is 59.9 Å². The van der Waals surface area contributed by atoms with Crippen molar-refractivity contribution >= 4 is 40.9 Å². The largest absolute Gasteiger partial charge is 0.504 e. The molecule has 0 aliphatic carbocycles. The summed E-state index contributed by atoms with van der Waals surface area (Å²) in [4.78, 5) is 6.73. The molecule has 0 aliphatic rings. The smallest absolute Gasteiger partial charge is 0.194 e. The highest BCUT2D eigenvalue weighted by Crippen LogP contribution is 2.29. The minimum absolute atomic E-state index is 0.